The number of benzene rings is 1. The molecule has 0 saturated heterocycles. The standard InChI is InChI=1S/C15H21N3O/c1-4-11-5-8-14(19-3)12(9-11)6-7-13-10(2)17-15(16)18-13/h5,8-9H,4,6-7H2,1-3H3,(H3,16,17,18). The molecule has 1 aromatic heterocycles. The fourth-order valence-corrected chi connectivity index (χ4v) is 2.27. The van der Waals surface area contributed by atoms with Gasteiger partial charge in [0.1, 0.15) is 5.75 Å². The summed E-state index contributed by atoms with van der Waals surface area (Å²) in [5, 5.41) is 0. The highest BCUT2D eigenvalue weighted by Crippen LogP contribution is 2.22. The van der Waals surface area contributed by atoms with Gasteiger partial charge >= 0.3 is 0 Å². The molecule has 2 rings (SSSR count). The number of hydrogen-bond acceptors (Lipinski definition) is 3. The average molecular weight is 259 g/mol. The number of aryl methyl sites for hydroxylation is 4. The van der Waals surface area contributed by atoms with Crippen LogP contribution in [-0.2, 0) is 19.3 Å². The van der Waals surface area contributed by atoms with Gasteiger partial charge in [-0.15, -0.1) is 0 Å². The topological polar surface area (TPSA) is 63.9 Å². The molecule has 0 aliphatic heterocycles. The van der Waals surface area contributed by atoms with Gasteiger partial charge in [0.05, 0.1) is 12.8 Å². The first-order valence-electron chi connectivity index (χ1n) is 6.60. The van der Waals surface area contributed by atoms with E-state index in [0.717, 1.165) is 36.4 Å². The Kier molecular flexibility index (Phi) is 4.10. The Morgan fingerprint density at radius 3 is 2.68 bits per heavy atom. The Hall–Kier alpha value is -1.97. The van der Waals surface area contributed by atoms with Crippen LogP contribution in [0.5, 0.6) is 5.75 Å². The highest BCUT2D eigenvalue weighted by Gasteiger charge is 2.08. The smallest absolute Gasteiger partial charge is 0.197 e. The predicted octanol–water partition coefficient (Wildman–Crippen LogP) is 2.66. The SMILES string of the molecule is CCc1ccc(OC)c(CCc2nc(N)[nH]c2C)c1. The van der Waals surface area contributed by atoms with Gasteiger partial charge in [0.25, 0.3) is 0 Å². The third-order valence-corrected chi connectivity index (χ3v) is 3.39. The molecule has 0 bridgehead atoms. The number of hydrogen-bond donors (Lipinski definition) is 2. The molecule has 0 aliphatic rings. The zero-order valence-corrected chi connectivity index (χ0v) is 11.8. The molecule has 2 aromatic rings. The van der Waals surface area contributed by atoms with E-state index in [0.29, 0.717) is 5.95 Å². The number of anilines is 1. The maximum Gasteiger partial charge on any atom is 0.197 e. The largest absolute Gasteiger partial charge is 0.496 e. The Morgan fingerprint density at radius 1 is 1.32 bits per heavy atom. The Morgan fingerprint density at radius 2 is 2.11 bits per heavy atom. The van der Waals surface area contributed by atoms with Crippen molar-refractivity contribution in [2.75, 3.05) is 12.8 Å². The van der Waals surface area contributed by atoms with Gasteiger partial charge in [-0.1, -0.05) is 19.1 Å². The summed E-state index contributed by atoms with van der Waals surface area (Å²) in [6.07, 6.45) is 2.80. The second-order valence-corrected chi connectivity index (χ2v) is 4.69. The molecule has 102 valence electrons. The van der Waals surface area contributed by atoms with E-state index >= 15 is 0 Å². The molecule has 0 aliphatic carbocycles. The number of rotatable bonds is 5. The van der Waals surface area contributed by atoms with E-state index < -0.39 is 0 Å². The molecule has 0 fully saturated rings. The number of nitrogen functional groups attached to an aromatic ring is 1. The molecule has 0 saturated carbocycles. The molecule has 0 radical (unpaired) electrons. The molecule has 0 spiro atoms. The van der Waals surface area contributed by atoms with Gasteiger partial charge in [-0.25, -0.2) is 4.98 Å². The van der Waals surface area contributed by atoms with Gasteiger partial charge in [0.15, 0.2) is 5.95 Å². The van der Waals surface area contributed by atoms with Crippen LogP contribution in [0.25, 0.3) is 0 Å². The minimum atomic E-state index is 0.488. The van der Waals surface area contributed by atoms with Gasteiger partial charge in [-0.2, -0.15) is 0 Å². The van der Waals surface area contributed by atoms with Crippen molar-refractivity contribution in [1.29, 1.82) is 0 Å². The van der Waals surface area contributed by atoms with Crippen LogP contribution in [0, 0.1) is 6.92 Å². The van der Waals surface area contributed by atoms with Gasteiger partial charge in [0, 0.05) is 5.69 Å². The summed E-state index contributed by atoms with van der Waals surface area (Å²) in [5.41, 5.74) is 10.3. The molecule has 0 atom stereocenters. The molecule has 3 N–H and O–H groups in total. The van der Waals surface area contributed by atoms with Crippen LogP contribution in [-0.4, -0.2) is 17.1 Å². The summed E-state index contributed by atoms with van der Waals surface area (Å²) < 4.78 is 5.42. The van der Waals surface area contributed by atoms with E-state index in [9.17, 15) is 0 Å². The fourth-order valence-electron chi connectivity index (χ4n) is 2.27. The van der Waals surface area contributed by atoms with Crippen molar-refractivity contribution in [3.63, 3.8) is 0 Å². The number of nitrogens with two attached hydrogens (primary N) is 1. The van der Waals surface area contributed by atoms with Gasteiger partial charge < -0.3 is 15.5 Å². The van der Waals surface area contributed by atoms with Crippen molar-refractivity contribution in [2.45, 2.75) is 33.1 Å². The molecule has 1 aromatic carbocycles. The summed E-state index contributed by atoms with van der Waals surface area (Å²) in [5.74, 6) is 1.43. The summed E-state index contributed by atoms with van der Waals surface area (Å²) in [4.78, 5) is 7.34. The van der Waals surface area contributed by atoms with Crippen molar-refractivity contribution in [1.82, 2.24) is 9.97 Å². The van der Waals surface area contributed by atoms with Crippen molar-refractivity contribution < 1.29 is 4.74 Å². The molecular weight excluding hydrogens is 238 g/mol. The first-order chi connectivity index (χ1) is 9.13. The number of nitrogens with one attached hydrogen (secondary N) is 1. The Bertz CT molecular complexity index is 561. The number of imidazole rings is 1. The number of H-pyrrole nitrogens is 1. The van der Waals surface area contributed by atoms with E-state index in [1.54, 1.807) is 7.11 Å². The number of aromatic nitrogens is 2. The van der Waals surface area contributed by atoms with Crippen molar-refractivity contribution in [3.8, 4) is 5.75 Å². The summed E-state index contributed by atoms with van der Waals surface area (Å²) in [6, 6.07) is 6.37. The van der Waals surface area contributed by atoms with E-state index in [1.807, 2.05) is 13.0 Å². The summed E-state index contributed by atoms with van der Waals surface area (Å²) in [6.45, 7) is 4.16. The zero-order valence-electron chi connectivity index (χ0n) is 11.8. The molecule has 0 amide bonds. The molecule has 4 nitrogen and oxygen atoms in total. The van der Waals surface area contributed by atoms with Crippen LogP contribution < -0.4 is 10.5 Å². The van der Waals surface area contributed by atoms with Gasteiger partial charge in [-0.05, 0) is 43.4 Å². The minimum Gasteiger partial charge on any atom is -0.496 e. The lowest BCUT2D eigenvalue weighted by molar-refractivity contribution is 0.409. The maximum absolute atomic E-state index is 5.66. The van der Waals surface area contributed by atoms with Crippen LogP contribution in [0.3, 0.4) is 0 Å². The summed E-state index contributed by atoms with van der Waals surface area (Å²) >= 11 is 0. The van der Waals surface area contributed by atoms with E-state index in [-0.39, 0.29) is 0 Å². The third-order valence-electron chi connectivity index (χ3n) is 3.39. The first kappa shape index (κ1) is 13.5. The van der Waals surface area contributed by atoms with E-state index in [1.165, 1.54) is 11.1 Å². The second-order valence-electron chi connectivity index (χ2n) is 4.69. The van der Waals surface area contributed by atoms with E-state index in [2.05, 4.69) is 29.0 Å². The maximum atomic E-state index is 5.66. The van der Waals surface area contributed by atoms with Crippen LogP contribution in [0.15, 0.2) is 18.2 Å². The van der Waals surface area contributed by atoms with E-state index in [4.69, 9.17) is 10.5 Å². The van der Waals surface area contributed by atoms with Crippen molar-refractivity contribution >= 4 is 5.95 Å². The third kappa shape index (κ3) is 3.08. The predicted molar refractivity (Wildman–Crippen MR) is 77.5 cm³/mol. The molecule has 1 heterocycles. The molecular formula is C15H21N3O. The quantitative estimate of drug-likeness (QED) is 0.867. The minimum absolute atomic E-state index is 0.488. The lowest BCUT2D eigenvalue weighted by Gasteiger charge is -2.10. The first-order valence-corrected chi connectivity index (χ1v) is 6.60. The number of ether oxygens (including phenoxy) is 1. The monoisotopic (exact) mass is 259 g/mol. The normalized spacial score (nSPS) is 10.7. The highest BCUT2D eigenvalue weighted by atomic mass is 16.5. The molecule has 19 heavy (non-hydrogen) atoms. The van der Waals surface area contributed by atoms with Crippen LogP contribution in [0.2, 0.25) is 0 Å². The average Bonchev–Trinajstić information content (AvgIpc) is 2.74. The summed E-state index contributed by atoms with van der Waals surface area (Å²) in [7, 11) is 1.71. The highest BCUT2D eigenvalue weighted by molar-refractivity contribution is 5.38. The van der Waals surface area contributed by atoms with Crippen LogP contribution >= 0.6 is 0 Å². The number of nitrogens with zero attached hydrogens (tertiary/aromatic N) is 1. The van der Waals surface area contributed by atoms with Crippen molar-refractivity contribution in [3.05, 3.63) is 40.7 Å². The number of aromatic amines is 1. The van der Waals surface area contributed by atoms with Crippen molar-refractivity contribution in [2.24, 2.45) is 0 Å². The zero-order chi connectivity index (χ0) is 13.8. The second kappa shape index (κ2) is 5.78. The lowest BCUT2D eigenvalue weighted by atomic mass is 10.0. The van der Waals surface area contributed by atoms with Gasteiger partial charge in [-0.3, -0.25) is 0 Å². The van der Waals surface area contributed by atoms with Crippen LogP contribution in [0.1, 0.15) is 29.4 Å². The molecule has 0 unspecified atom stereocenters. The molecule has 4 heteroatoms. The number of methoxy groups -OCH3 is 1. The van der Waals surface area contributed by atoms with Gasteiger partial charge in [0.2, 0.25) is 0 Å². The fraction of sp³-hybridized carbons (Fsp3) is 0.400. The Balaban J connectivity index is 2.16. The Labute approximate surface area is 114 Å². The van der Waals surface area contributed by atoms with Crippen LogP contribution in [0.4, 0.5) is 5.95 Å². The lowest BCUT2D eigenvalue weighted by Crippen LogP contribution is -1.98.